The van der Waals surface area contributed by atoms with Crippen LogP contribution in [0, 0.1) is 5.82 Å². The summed E-state index contributed by atoms with van der Waals surface area (Å²) in [6.45, 7) is 4.79. The quantitative estimate of drug-likeness (QED) is 0.298. The van der Waals surface area contributed by atoms with E-state index in [1.807, 2.05) is 11.8 Å². The Labute approximate surface area is 233 Å². The first kappa shape index (κ1) is 29.9. The van der Waals surface area contributed by atoms with Crippen molar-refractivity contribution >= 4 is 38.1 Å². The summed E-state index contributed by atoms with van der Waals surface area (Å²) in [5.74, 6) is -1.97. The number of rotatable bonds is 10. The zero-order valence-corrected chi connectivity index (χ0v) is 23.4. The zero-order chi connectivity index (χ0) is 29.1. The molecule has 1 saturated heterocycles. The van der Waals surface area contributed by atoms with E-state index in [0.29, 0.717) is 28.8 Å². The van der Waals surface area contributed by atoms with Crippen molar-refractivity contribution in [3.63, 3.8) is 0 Å². The fraction of sp³-hybridized carbons (Fsp3) is 0.458. The fourth-order valence-electron chi connectivity index (χ4n) is 3.87. The van der Waals surface area contributed by atoms with E-state index in [2.05, 4.69) is 25.1 Å². The number of hydrogen-bond acceptors (Lipinski definition) is 10. The normalized spacial score (nSPS) is 15.7. The van der Waals surface area contributed by atoms with Crippen LogP contribution in [0.25, 0.3) is 21.8 Å². The number of thiazole rings is 1. The van der Waals surface area contributed by atoms with Gasteiger partial charge in [0, 0.05) is 44.5 Å². The van der Waals surface area contributed by atoms with E-state index in [9.17, 15) is 26.7 Å². The summed E-state index contributed by atoms with van der Waals surface area (Å²) in [6, 6.07) is 5.58. The highest BCUT2D eigenvalue weighted by Crippen LogP contribution is 2.42. The molecule has 16 heteroatoms. The minimum Gasteiger partial charge on any atom is -0.392 e. The Hall–Kier alpha value is -3.08. The van der Waals surface area contributed by atoms with Gasteiger partial charge in [-0.1, -0.05) is 17.4 Å². The van der Waals surface area contributed by atoms with Crippen molar-refractivity contribution in [2.75, 3.05) is 60.5 Å². The first-order chi connectivity index (χ1) is 18.8. The molecule has 2 aromatic heterocycles. The molecular formula is C24H29F4N7O3S2. The molecule has 3 aromatic rings. The average Bonchev–Trinajstić information content (AvgIpc) is 3.33. The van der Waals surface area contributed by atoms with E-state index in [1.54, 1.807) is 13.0 Å². The van der Waals surface area contributed by atoms with Crippen molar-refractivity contribution in [1.29, 1.82) is 0 Å². The molecule has 0 unspecified atom stereocenters. The highest BCUT2D eigenvalue weighted by molar-refractivity contribution is 7.92. The van der Waals surface area contributed by atoms with Gasteiger partial charge < -0.3 is 20.2 Å². The molecule has 1 fully saturated rings. The number of nitrogens with one attached hydrogen (secondary N) is 2. The summed E-state index contributed by atoms with van der Waals surface area (Å²) in [5, 5.41) is 13.1. The molecule has 1 aromatic carbocycles. The minimum atomic E-state index is -4.68. The maximum atomic E-state index is 15.8. The van der Waals surface area contributed by atoms with Crippen LogP contribution in [0.3, 0.4) is 0 Å². The van der Waals surface area contributed by atoms with Gasteiger partial charge in [0.25, 0.3) is 0 Å². The van der Waals surface area contributed by atoms with Crippen molar-refractivity contribution < 1.29 is 31.1 Å². The van der Waals surface area contributed by atoms with Gasteiger partial charge in [0.15, 0.2) is 10.9 Å². The van der Waals surface area contributed by atoms with E-state index < -0.39 is 46.0 Å². The van der Waals surface area contributed by atoms with Crippen molar-refractivity contribution in [3.8, 4) is 21.8 Å². The second-order valence-electron chi connectivity index (χ2n) is 9.41. The summed E-state index contributed by atoms with van der Waals surface area (Å²) < 4.78 is 80.0. The van der Waals surface area contributed by atoms with Crippen LogP contribution in [0.4, 0.5) is 34.3 Å². The standard InChI is InChI=1S/C24H29F4N7O3S2/c1-15(36)14-30-22-29-8-6-18(31-22)21-20(32-23(39-21)35-11-9-34(2)10-12-35)16-4-3-5-17(19(16)25)33-40(37,38)13-7-24(26,27)28/h3-6,8,15,33,36H,7,9-14H2,1-2H3,(H,29,30,31)/t15-/m0/s1. The van der Waals surface area contributed by atoms with E-state index in [-0.39, 0.29) is 23.8 Å². The number of alkyl halides is 3. The van der Waals surface area contributed by atoms with Gasteiger partial charge in [-0.3, -0.25) is 4.72 Å². The molecule has 1 aliphatic rings. The van der Waals surface area contributed by atoms with Crippen LogP contribution in [0.15, 0.2) is 30.5 Å². The number of aliphatic hydroxyl groups excluding tert-OH is 1. The molecule has 0 radical (unpaired) electrons. The number of sulfonamides is 1. The van der Waals surface area contributed by atoms with Crippen LogP contribution in [-0.4, -0.2) is 91.2 Å². The smallest absolute Gasteiger partial charge is 0.390 e. The molecule has 0 amide bonds. The number of likely N-dealkylation sites (N-methyl/N-ethyl adjacent to an activating group) is 1. The summed E-state index contributed by atoms with van der Waals surface area (Å²) in [5.41, 5.74) is 0.0981. The topological polar surface area (TPSA) is 124 Å². The van der Waals surface area contributed by atoms with E-state index in [4.69, 9.17) is 4.98 Å². The van der Waals surface area contributed by atoms with Crippen LogP contribution < -0.4 is 14.9 Å². The molecule has 0 aliphatic carbocycles. The zero-order valence-electron chi connectivity index (χ0n) is 21.7. The lowest BCUT2D eigenvalue weighted by atomic mass is 10.1. The molecule has 218 valence electrons. The monoisotopic (exact) mass is 603 g/mol. The number of nitrogens with zero attached hydrogens (tertiary/aromatic N) is 5. The Morgan fingerprint density at radius 3 is 2.55 bits per heavy atom. The lowest BCUT2D eigenvalue weighted by Gasteiger charge is -2.32. The van der Waals surface area contributed by atoms with E-state index in [0.717, 1.165) is 19.2 Å². The molecule has 3 heterocycles. The van der Waals surface area contributed by atoms with Gasteiger partial charge in [0.05, 0.1) is 40.2 Å². The molecule has 0 spiro atoms. The van der Waals surface area contributed by atoms with Crippen molar-refractivity contribution in [3.05, 3.63) is 36.3 Å². The minimum absolute atomic E-state index is 0.0419. The number of benzene rings is 1. The number of aromatic nitrogens is 3. The first-order valence-electron chi connectivity index (χ1n) is 12.4. The lowest BCUT2D eigenvalue weighted by molar-refractivity contribution is -0.129. The van der Waals surface area contributed by atoms with Crippen LogP contribution in [0.5, 0.6) is 0 Å². The highest BCUT2D eigenvalue weighted by atomic mass is 32.2. The first-order valence-corrected chi connectivity index (χ1v) is 14.8. The Balaban J connectivity index is 1.73. The third-order valence-corrected chi connectivity index (χ3v) is 8.42. The predicted molar refractivity (Wildman–Crippen MR) is 146 cm³/mol. The second kappa shape index (κ2) is 12.2. The number of piperazine rings is 1. The van der Waals surface area contributed by atoms with Crippen molar-refractivity contribution in [2.45, 2.75) is 25.6 Å². The van der Waals surface area contributed by atoms with E-state index >= 15 is 4.39 Å². The summed E-state index contributed by atoms with van der Waals surface area (Å²) >= 11 is 1.29. The fourth-order valence-corrected chi connectivity index (χ4v) is 6.07. The highest BCUT2D eigenvalue weighted by Gasteiger charge is 2.31. The third kappa shape index (κ3) is 7.77. The second-order valence-corrected chi connectivity index (χ2v) is 12.2. The predicted octanol–water partition coefficient (Wildman–Crippen LogP) is 3.64. The van der Waals surface area contributed by atoms with Crippen LogP contribution in [0.1, 0.15) is 13.3 Å². The van der Waals surface area contributed by atoms with Gasteiger partial charge in [0.1, 0.15) is 0 Å². The van der Waals surface area contributed by atoms with Gasteiger partial charge >= 0.3 is 6.18 Å². The Bertz CT molecular complexity index is 1430. The van der Waals surface area contributed by atoms with Gasteiger partial charge in [-0.05, 0) is 32.2 Å². The summed E-state index contributed by atoms with van der Waals surface area (Å²) in [4.78, 5) is 18.1. The molecule has 40 heavy (non-hydrogen) atoms. The van der Waals surface area contributed by atoms with Crippen LogP contribution in [-0.2, 0) is 10.0 Å². The van der Waals surface area contributed by atoms with Gasteiger partial charge in [-0.15, -0.1) is 0 Å². The van der Waals surface area contributed by atoms with Crippen LogP contribution >= 0.6 is 11.3 Å². The summed E-state index contributed by atoms with van der Waals surface area (Å²) in [7, 11) is -2.47. The largest absolute Gasteiger partial charge is 0.392 e. The Morgan fingerprint density at radius 1 is 1.15 bits per heavy atom. The summed E-state index contributed by atoms with van der Waals surface area (Å²) in [6.07, 6.45) is -5.38. The molecule has 1 aliphatic heterocycles. The molecule has 3 N–H and O–H groups in total. The molecule has 0 bridgehead atoms. The molecular weight excluding hydrogens is 574 g/mol. The number of anilines is 3. The Kier molecular flexibility index (Phi) is 9.12. The average molecular weight is 604 g/mol. The Morgan fingerprint density at radius 2 is 1.88 bits per heavy atom. The van der Waals surface area contributed by atoms with E-state index in [1.165, 1.54) is 29.7 Å². The van der Waals surface area contributed by atoms with Crippen molar-refractivity contribution in [1.82, 2.24) is 19.9 Å². The number of aliphatic hydroxyl groups is 1. The lowest BCUT2D eigenvalue weighted by Crippen LogP contribution is -2.44. The maximum Gasteiger partial charge on any atom is 0.390 e. The van der Waals surface area contributed by atoms with Gasteiger partial charge in [-0.2, -0.15) is 13.2 Å². The molecule has 4 rings (SSSR count). The van der Waals surface area contributed by atoms with Crippen LogP contribution in [0.2, 0.25) is 0 Å². The molecule has 10 nitrogen and oxygen atoms in total. The SMILES string of the molecule is C[C@H](O)CNc1nccc(-c2sc(N3CCN(C)CC3)nc2-c2cccc(NS(=O)(=O)CCC(F)(F)F)c2F)n1. The molecule has 0 saturated carbocycles. The van der Waals surface area contributed by atoms with Gasteiger partial charge in [-0.25, -0.2) is 27.8 Å². The number of halogens is 4. The molecule has 1 atom stereocenters. The number of hydrogen-bond donors (Lipinski definition) is 3. The van der Waals surface area contributed by atoms with Crippen molar-refractivity contribution in [2.24, 2.45) is 0 Å². The maximum absolute atomic E-state index is 15.8. The third-order valence-electron chi connectivity index (χ3n) is 6.01. The van der Waals surface area contributed by atoms with Gasteiger partial charge in [0.2, 0.25) is 16.0 Å².